The SMILES string of the molecule is CC(C)c1ccccc1-c1nc(NCC2CCN(c3nccn3C)CC2)c2cccnc2n1. The van der Waals surface area contributed by atoms with Gasteiger partial charge in [0.1, 0.15) is 5.82 Å². The van der Waals surface area contributed by atoms with E-state index in [9.17, 15) is 0 Å². The summed E-state index contributed by atoms with van der Waals surface area (Å²) >= 11 is 0. The van der Waals surface area contributed by atoms with E-state index in [0.29, 0.717) is 11.8 Å². The fourth-order valence-electron chi connectivity index (χ4n) is 4.66. The Labute approximate surface area is 194 Å². The number of aryl methyl sites for hydroxylation is 1. The minimum Gasteiger partial charge on any atom is -0.369 e. The summed E-state index contributed by atoms with van der Waals surface area (Å²) in [5.74, 6) is 3.65. The molecular weight excluding hydrogens is 410 g/mol. The molecule has 0 aliphatic carbocycles. The molecular formula is C26H31N7. The van der Waals surface area contributed by atoms with E-state index in [4.69, 9.17) is 9.97 Å². The molecule has 33 heavy (non-hydrogen) atoms. The number of benzene rings is 1. The molecule has 0 unspecified atom stereocenters. The lowest BCUT2D eigenvalue weighted by molar-refractivity contribution is 0.418. The molecule has 0 spiro atoms. The van der Waals surface area contributed by atoms with Crippen LogP contribution in [0.4, 0.5) is 11.8 Å². The molecule has 4 heterocycles. The number of nitrogens with one attached hydrogen (secondary N) is 1. The fraction of sp³-hybridized carbons (Fsp3) is 0.385. The Balaban J connectivity index is 1.36. The summed E-state index contributed by atoms with van der Waals surface area (Å²) in [5.41, 5.74) is 3.06. The van der Waals surface area contributed by atoms with Gasteiger partial charge in [0.15, 0.2) is 11.5 Å². The Bertz CT molecular complexity index is 1240. The summed E-state index contributed by atoms with van der Waals surface area (Å²) in [6.07, 6.45) is 7.93. The largest absolute Gasteiger partial charge is 0.369 e. The lowest BCUT2D eigenvalue weighted by Crippen LogP contribution is -2.37. The van der Waals surface area contributed by atoms with Crippen molar-refractivity contribution in [1.82, 2.24) is 24.5 Å². The molecule has 5 rings (SSSR count). The summed E-state index contributed by atoms with van der Waals surface area (Å²) in [6, 6.07) is 12.4. The summed E-state index contributed by atoms with van der Waals surface area (Å²) < 4.78 is 2.09. The normalized spacial score (nSPS) is 14.8. The molecule has 1 fully saturated rings. The Morgan fingerprint density at radius 2 is 1.82 bits per heavy atom. The van der Waals surface area contributed by atoms with Crippen molar-refractivity contribution in [3.05, 3.63) is 60.6 Å². The molecule has 7 nitrogen and oxygen atoms in total. The topological polar surface area (TPSA) is 71.8 Å². The van der Waals surface area contributed by atoms with Gasteiger partial charge >= 0.3 is 0 Å². The first kappa shape index (κ1) is 21.4. The van der Waals surface area contributed by atoms with Crippen molar-refractivity contribution >= 4 is 22.8 Å². The molecule has 4 aromatic rings. The molecule has 0 atom stereocenters. The molecule has 3 aromatic heterocycles. The average molecular weight is 442 g/mol. The summed E-state index contributed by atoms with van der Waals surface area (Å²) in [4.78, 5) is 21.2. The zero-order chi connectivity index (χ0) is 22.8. The van der Waals surface area contributed by atoms with Gasteiger partial charge in [0.25, 0.3) is 0 Å². The fourth-order valence-corrected chi connectivity index (χ4v) is 4.66. The standard InChI is InChI=1S/C26H31N7/c1-18(2)20-7-4-5-8-21(20)25-30-23-22(9-6-12-27-23)24(31-25)29-17-19-10-14-33(15-11-19)26-28-13-16-32(26)3/h4-9,12-13,16,18-19H,10-11,14-15,17H2,1-3H3,(H,27,29,30,31). The third-order valence-electron chi connectivity index (χ3n) is 6.55. The van der Waals surface area contributed by atoms with Crippen molar-refractivity contribution in [2.45, 2.75) is 32.6 Å². The summed E-state index contributed by atoms with van der Waals surface area (Å²) in [6.45, 7) is 7.34. The predicted octanol–water partition coefficient (Wildman–Crippen LogP) is 4.88. The first-order valence-corrected chi connectivity index (χ1v) is 11.8. The highest BCUT2D eigenvalue weighted by molar-refractivity contribution is 5.88. The Morgan fingerprint density at radius 1 is 1.00 bits per heavy atom. The van der Waals surface area contributed by atoms with Crippen molar-refractivity contribution in [3.8, 4) is 11.4 Å². The van der Waals surface area contributed by atoms with Crippen molar-refractivity contribution < 1.29 is 0 Å². The van der Waals surface area contributed by atoms with E-state index in [1.165, 1.54) is 5.56 Å². The number of nitrogens with zero attached hydrogens (tertiary/aromatic N) is 6. The number of hydrogen-bond donors (Lipinski definition) is 1. The van der Waals surface area contributed by atoms with E-state index < -0.39 is 0 Å². The highest BCUT2D eigenvalue weighted by Crippen LogP contribution is 2.30. The van der Waals surface area contributed by atoms with Crippen molar-refractivity contribution in [3.63, 3.8) is 0 Å². The van der Waals surface area contributed by atoms with E-state index in [1.54, 1.807) is 6.20 Å². The number of hydrogen-bond acceptors (Lipinski definition) is 6. The molecule has 0 radical (unpaired) electrons. The number of fused-ring (bicyclic) bond motifs is 1. The molecule has 0 bridgehead atoms. The maximum Gasteiger partial charge on any atom is 0.205 e. The van der Waals surface area contributed by atoms with Crippen LogP contribution in [0.3, 0.4) is 0 Å². The highest BCUT2D eigenvalue weighted by Gasteiger charge is 2.22. The first-order valence-electron chi connectivity index (χ1n) is 11.8. The lowest BCUT2D eigenvalue weighted by Gasteiger charge is -2.32. The van der Waals surface area contributed by atoms with Gasteiger partial charge in [-0.2, -0.15) is 0 Å². The van der Waals surface area contributed by atoms with Crippen LogP contribution < -0.4 is 10.2 Å². The number of piperidine rings is 1. The number of aromatic nitrogens is 5. The lowest BCUT2D eigenvalue weighted by atomic mass is 9.96. The molecule has 0 amide bonds. The minimum atomic E-state index is 0.393. The molecule has 1 saturated heterocycles. The third kappa shape index (κ3) is 4.40. The van der Waals surface area contributed by atoms with Crippen LogP contribution in [-0.4, -0.2) is 44.1 Å². The number of anilines is 2. The van der Waals surface area contributed by atoms with Gasteiger partial charge in [-0.25, -0.2) is 19.9 Å². The van der Waals surface area contributed by atoms with Gasteiger partial charge in [0.2, 0.25) is 5.95 Å². The number of imidazole rings is 1. The zero-order valence-electron chi connectivity index (χ0n) is 19.6. The molecule has 1 aromatic carbocycles. The van der Waals surface area contributed by atoms with E-state index in [0.717, 1.165) is 66.7 Å². The van der Waals surface area contributed by atoms with E-state index >= 15 is 0 Å². The predicted molar refractivity (Wildman–Crippen MR) is 133 cm³/mol. The average Bonchev–Trinajstić information content (AvgIpc) is 3.28. The van der Waals surface area contributed by atoms with E-state index in [1.807, 2.05) is 24.5 Å². The molecule has 1 N–H and O–H groups in total. The second-order valence-electron chi connectivity index (χ2n) is 9.16. The zero-order valence-corrected chi connectivity index (χ0v) is 19.6. The maximum atomic E-state index is 4.98. The first-order chi connectivity index (χ1) is 16.1. The monoisotopic (exact) mass is 441 g/mol. The summed E-state index contributed by atoms with van der Waals surface area (Å²) in [7, 11) is 2.05. The van der Waals surface area contributed by atoms with Crippen LogP contribution >= 0.6 is 0 Å². The van der Waals surface area contributed by atoms with Gasteiger partial charge in [-0.3, -0.25) is 0 Å². The smallest absolute Gasteiger partial charge is 0.205 e. The number of rotatable bonds is 6. The van der Waals surface area contributed by atoms with Crippen molar-refractivity contribution in [2.75, 3.05) is 29.9 Å². The van der Waals surface area contributed by atoms with Crippen LogP contribution in [-0.2, 0) is 7.05 Å². The molecule has 1 aliphatic heterocycles. The second kappa shape index (κ2) is 9.17. The van der Waals surface area contributed by atoms with Gasteiger partial charge in [-0.1, -0.05) is 38.1 Å². The van der Waals surface area contributed by atoms with Gasteiger partial charge in [0.05, 0.1) is 5.39 Å². The molecule has 7 heteroatoms. The number of pyridine rings is 1. The van der Waals surface area contributed by atoms with Gasteiger partial charge in [-0.05, 0) is 42.4 Å². The summed E-state index contributed by atoms with van der Waals surface area (Å²) in [5, 5.41) is 4.61. The molecule has 170 valence electrons. The van der Waals surface area contributed by atoms with E-state index in [2.05, 4.69) is 69.9 Å². The minimum absolute atomic E-state index is 0.393. The van der Waals surface area contributed by atoms with Crippen LogP contribution in [0.5, 0.6) is 0 Å². The maximum absolute atomic E-state index is 4.98. The third-order valence-corrected chi connectivity index (χ3v) is 6.55. The van der Waals surface area contributed by atoms with Crippen LogP contribution in [0.25, 0.3) is 22.4 Å². The van der Waals surface area contributed by atoms with Crippen molar-refractivity contribution in [1.29, 1.82) is 0 Å². The Kier molecular flexibility index (Phi) is 5.94. The van der Waals surface area contributed by atoms with E-state index in [-0.39, 0.29) is 0 Å². The van der Waals surface area contributed by atoms with Crippen LogP contribution in [0.2, 0.25) is 0 Å². The molecule has 1 aliphatic rings. The molecule has 0 saturated carbocycles. The Hall–Kier alpha value is -3.48. The van der Waals surface area contributed by atoms with Gasteiger partial charge in [0, 0.05) is 50.8 Å². The van der Waals surface area contributed by atoms with Crippen LogP contribution in [0, 0.1) is 5.92 Å². The Morgan fingerprint density at radius 3 is 2.58 bits per heavy atom. The second-order valence-corrected chi connectivity index (χ2v) is 9.16. The van der Waals surface area contributed by atoms with Gasteiger partial charge in [-0.15, -0.1) is 0 Å². The quantitative estimate of drug-likeness (QED) is 0.460. The van der Waals surface area contributed by atoms with Gasteiger partial charge < -0.3 is 14.8 Å². The van der Waals surface area contributed by atoms with Crippen LogP contribution in [0.1, 0.15) is 38.2 Å². The van der Waals surface area contributed by atoms with Crippen molar-refractivity contribution in [2.24, 2.45) is 13.0 Å². The highest BCUT2D eigenvalue weighted by atomic mass is 15.3. The van der Waals surface area contributed by atoms with Crippen LogP contribution in [0.15, 0.2) is 55.0 Å².